The van der Waals surface area contributed by atoms with Gasteiger partial charge in [-0.25, -0.2) is 13.4 Å². The molecular formula is C23H19N5O3S. The minimum atomic E-state index is -3.67. The van der Waals surface area contributed by atoms with E-state index in [0.717, 1.165) is 22.1 Å². The molecule has 0 bridgehead atoms. The highest BCUT2D eigenvalue weighted by molar-refractivity contribution is 7.91. The highest BCUT2D eigenvalue weighted by atomic mass is 32.2. The Morgan fingerprint density at radius 2 is 1.81 bits per heavy atom. The first kappa shape index (κ1) is 20.0. The zero-order valence-corrected chi connectivity index (χ0v) is 18.0. The highest BCUT2D eigenvalue weighted by Gasteiger charge is 2.19. The van der Waals surface area contributed by atoms with Crippen molar-refractivity contribution in [2.45, 2.75) is 16.3 Å². The minimum absolute atomic E-state index is 0.194. The molecule has 0 spiro atoms. The van der Waals surface area contributed by atoms with Gasteiger partial charge >= 0.3 is 0 Å². The first-order valence-corrected chi connectivity index (χ1v) is 11.4. The second kappa shape index (κ2) is 7.61. The van der Waals surface area contributed by atoms with Gasteiger partial charge in [0.25, 0.3) is 5.91 Å². The standard InChI is InChI=1S/C23H19N5O3S/c1-27-21-12-20(8-4-17(21)14-26-27)32(30,31)19-6-2-16(3-7-19)13-25-23(29)18-5-9-22-24-10-11-28(22)15-18/h2-12,14-15H,13H2,1H3,(H,25,29). The van der Waals surface area contributed by atoms with Crippen LogP contribution in [-0.2, 0) is 23.4 Å². The summed E-state index contributed by atoms with van der Waals surface area (Å²) in [5.41, 5.74) is 2.82. The number of amides is 1. The topological polar surface area (TPSA) is 98.4 Å². The van der Waals surface area contributed by atoms with Crippen LogP contribution in [0.15, 0.2) is 89.2 Å². The Hall–Kier alpha value is -3.98. The number of benzene rings is 2. The predicted molar refractivity (Wildman–Crippen MR) is 119 cm³/mol. The zero-order chi connectivity index (χ0) is 22.3. The van der Waals surface area contributed by atoms with Crippen LogP contribution >= 0.6 is 0 Å². The van der Waals surface area contributed by atoms with Crippen molar-refractivity contribution >= 4 is 32.3 Å². The number of carbonyl (C=O) groups is 1. The highest BCUT2D eigenvalue weighted by Crippen LogP contribution is 2.25. The number of carbonyl (C=O) groups excluding carboxylic acids is 1. The number of rotatable bonds is 5. The van der Waals surface area contributed by atoms with Crippen molar-refractivity contribution in [3.63, 3.8) is 0 Å². The molecule has 2 aromatic carbocycles. The van der Waals surface area contributed by atoms with Gasteiger partial charge in [-0.15, -0.1) is 0 Å². The van der Waals surface area contributed by atoms with E-state index in [9.17, 15) is 13.2 Å². The van der Waals surface area contributed by atoms with Crippen molar-refractivity contribution < 1.29 is 13.2 Å². The molecule has 5 rings (SSSR count). The van der Waals surface area contributed by atoms with Gasteiger partial charge in [-0.3, -0.25) is 9.48 Å². The van der Waals surface area contributed by atoms with Gasteiger partial charge in [0, 0.05) is 37.6 Å². The lowest BCUT2D eigenvalue weighted by molar-refractivity contribution is 0.0950. The van der Waals surface area contributed by atoms with E-state index in [1.165, 1.54) is 0 Å². The van der Waals surface area contributed by atoms with E-state index in [0.29, 0.717) is 5.56 Å². The third-order valence-electron chi connectivity index (χ3n) is 5.37. The average Bonchev–Trinajstić information content (AvgIpc) is 3.43. The Bertz CT molecular complexity index is 1570. The van der Waals surface area contributed by atoms with Crippen molar-refractivity contribution in [1.29, 1.82) is 0 Å². The molecule has 0 radical (unpaired) electrons. The number of aromatic nitrogens is 4. The zero-order valence-electron chi connectivity index (χ0n) is 17.1. The van der Waals surface area contributed by atoms with Crippen LogP contribution in [0.2, 0.25) is 0 Å². The number of nitrogens with zero attached hydrogens (tertiary/aromatic N) is 4. The second-order valence-corrected chi connectivity index (χ2v) is 9.38. The lowest BCUT2D eigenvalue weighted by atomic mass is 10.2. The number of fused-ring (bicyclic) bond motifs is 2. The summed E-state index contributed by atoms with van der Waals surface area (Å²) in [7, 11) is -1.90. The number of sulfone groups is 1. The van der Waals surface area contributed by atoms with Crippen molar-refractivity contribution in [2.75, 3.05) is 0 Å². The Morgan fingerprint density at radius 3 is 2.62 bits per heavy atom. The number of hydrogen-bond donors (Lipinski definition) is 1. The average molecular weight is 446 g/mol. The van der Waals surface area contributed by atoms with Crippen LogP contribution in [0.1, 0.15) is 15.9 Å². The molecule has 0 aliphatic carbocycles. The van der Waals surface area contributed by atoms with Gasteiger partial charge in [0.05, 0.1) is 27.1 Å². The van der Waals surface area contributed by atoms with Crippen molar-refractivity contribution in [1.82, 2.24) is 24.5 Å². The second-order valence-electron chi connectivity index (χ2n) is 7.43. The molecule has 0 atom stereocenters. The van der Waals surface area contributed by atoms with E-state index in [2.05, 4.69) is 15.4 Å². The van der Waals surface area contributed by atoms with E-state index < -0.39 is 9.84 Å². The Labute approximate surface area is 184 Å². The van der Waals surface area contributed by atoms with Crippen LogP contribution in [0.4, 0.5) is 0 Å². The summed E-state index contributed by atoms with van der Waals surface area (Å²) in [6.07, 6.45) is 6.85. The fourth-order valence-corrected chi connectivity index (χ4v) is 4.83. The van der Waals surface area contributed by atoms with Gasteiger partial charge < -0.3 is 9.72 Å². The summed E-state index contributed by atoms with van der Waals surface area (Å²) in [5, 5.41) is 7.89. The normalized spacial score (nSPS) is 11.8. The quantitative estimate of drug-likeness (QED) is 0.448. The van der Waals surface area contributed by atoms with Crippen LogP contribution in [0.5, 0.6) is 0 Å². The van der Waals surface area contributed by atoms with Gasteiger partial charge in [-0.1, -0.05) is 12.1 Å². The maximum atomic E-state index is 13.1. The summed E-state index contributed by atoms with van der Waals surface area (Å²) in [4.78, 5) is 17.0. The van der Waals surface area contributed by atoms with E-state index in [4.69, 9.17) is 0 Å². The van der Waals surface area contributed by atoms with Gasteiger partial charge in [-0.05, 0) is 48.0 Å². The lowest BCUT2D eigenvalue weighted by Gasteiger charge is -2.08. The molecule has 32 heavy (non-hydrogen) atoms. The molecule has 0 saturated carbocycles. The van der Waals surface area contributed by atoms with E-state index >= 15 is 0 Å². The Balaban J connectivity index is 1.31. The third kappa shape index (κ3) is 3.52. The number of nitrogens with one attached hydrogen (secondary N) is 1. The molecule has 160 valence electrons. The molecule has 0 aliphatic rings. The fraction of sp³-hybridized carbons (Fsp3) is 0.0870. The third-order valence-corrected chi connectivity index (χ3v) is 7.14. The minimum Gasteiger partial charge on any atom is -0.348 e. The van der Waals surface area contributed by atoms with E-state index in [-0.39, 0.29) is 22.2 Å². The summed E-state index contributed by atoms with van der Waals surface area (Å²) in [6.45, 7) is 0.280. The molecule has 3 aromatic heterocycles. The van der Waals surface area contributed by atoms with Crippen molar-refractivity contribution in [3.05, 3.63) is 90.5 Å². The van der Waals surface area contributed by atoms with Crippen LogP contribution < -0.4 is 5.32 Å². The SMILES string of the molecule is Cn1ncc2ccc(S(=O)(=O)c3ccc(CNC(=O)c4ccc5nccn5c4)cc3)cc21. The summed E-state index contributed by atoms with van der Waals surface area (Å²) in [6, 6.07) is 15.0. The maximum absolute atomic E-state index is 13.1. The lowest BCUT2D eigenvalue weighted by Crippen LogP contribution is -2.23. The molecule has 0 aliphatic heterocycles. The van der Waals surface area contributed by atoms with Gasteiger partial charge in [0.2, 0.25) is 9.84 Å². The predicted octanol–water partition coefficient (Wildman–Crippen LogP) is 2.98. The largest absolute Gasteiger partial charge is 0.348 e. The van der Waals surface area contributed by atoms with Crippen LogP contribution in [0.3, 0.4) is 0 Å². The van der Waals surface area contributed by atoms with Gasteiger partial charge in [0.15, 0.2) is 0 Å². The van der Waals surface area contributed by atoms with Crippen LogP contribution in [0.25, 0.3) is 16.6 Å². The fourth-order valence-electron chi connectivity index (χ4n) is 3.55. The number of aryl methyl sites for hydroxylation is 1. The van der Waals surface area contributed by atoms with E-state index in [1.54, 1.807) is 95.5 Å². The number of pyridine rings is 1. The van der Waals surface area contributed by atoms with Crippen molar-refractivity contribution in [2.24, 2.45) is 7.05 Å². The molecule has 1 N–H and O–H groups in total. The number of imidazole rings is 1. The molecule has 9 heteroatoms. The van der Waals surface area contributed by atoms with Crippen LogP contribution in [-0.4, -0.2) is 33.5 Å². The number of hydrogen-bond acceptors (Lipinski definition) is 5. The molecule has 5 aromatic rings. The molecule has 0 saturated heterocycles. The summed E-state index contributed by atoms with van der Waals surface area (Å²) >= 11 is 0. The molecule has 0 fully saturated rings. The van der Waals surface area contributed by atoms with Gasteiger partial charge in [0.1, 0.15) is 5.65 Å². The van der Waals surface area contributed by atoms with Crippen LogP contribution in [0, 0.1) is 0 Å². The summed E-state index contributed by atoms with van der Waals surface area (Å²) in [5.74, 6) is -0.221. The molecule has 3 heterocycles. The Morgan fingerprint density at radius 1 is 1.03 bits per heavy atom. The monoisotopic (exact) mass is 445 g/mol. The molecule has 8 nitrogen and oxygen atoms in total. The first-order valence-electron chi connectivity index (χ1n) is 9.88. The Kier molecular flexibility index (Phi) is 4.75. The van der Waals surface area contributed by atoms with E-state index in [1.807, 2.05) is 0 Å². The summed E-state index contributed by atoms with van der Waals surface area (Å²) < 4.78 is 29.5. The van der Waals surface area contributed by atoms with Gasteiger partial charge in [-0.2, -0.15) is 5.10 Å². The first-order chi connectivity index (χ1) is 15.4. The van der Waals surface area contributed by atoms with Crippen molar-refractivity contribution in [3.8, 4) is 0 Å². The molecular weight excluding hydrogens is 426 g/mol. The smallest absolute Gasteiger partial charge is 0.253 e. The molecule has 1 amide bonds. The maximum Gasteiger partial charge on any atom is 0.253 e. The molecule has 0 unspecified atom stereocenters.